The van der Waals surface area contributed by atoms with Crippen molar-refractivity contribution >= 4 is 27.4 Å². The van der Waals surface area contributed by atoms with E-state index in [2.05, 4.69) is 45.2 Å². The highest BCUT2D eigenvalue weighted by molar-refractivity contribution is 9.09. The van der Waals surface area contributed by atoms with E-state index < -0.39 is 0 Å². The summed E-state index contributed by atoms with van der Waals surface area (Å²) >= 11 is 3.55. The van der Waals surface area contributed by atoms with Crippen molar-refractivity contribution in [1.29, 1.82) is 0 Å². The van der Waals surface area contributed by atoms with Crippen LogP contribution in [0.25, 0.3) is 5.52 Å². The number of carbonyl (C=O) groups excluding carboxylic acids is 1. The van der Waals surface area contributed by atoms with Crippen LogP contribution in [-0.2, 0) is 0 Å². The van der Waals surface area contributed by atoms with Crippen LogP contribution in [0.15, 0.2) is 24.8 Å². The molecule has 0 saturated carbocycles. The van der Waals surface area contributed by atoms with Gasteiger partial charge >= 0.3 is 0 Å². The molecule has 0 saturated heterocycles. The van der Waals surface area contributed by atoms with Crippen LogP contribution in [0, 0.1) is 5.41 Å². The molecule has 2 aromatic rings. The van der Waals surface area contributed by atoms with Gasteiger partial charge < -0.3 is 5.32 Å². The molecule has 0 aliphatic heterocycles. The van der Waals surface area contributed by atoms with Gasteiger partial charge in [-0.05, 0) is 18.3 Å². The third-order valence-electron chi connectivity index (χ3n) is 3.98. The molecule has 0 fully saturated rings. The van der Waals surface area contributed by atoms with Crippen molar-refractivity contribution in [1.82, 2.24) is 19.9 Å². The van der Waals surface area contributed by atoms with Crippen LogP contribution in [-0.4, -0.2) is 32.4 Å². The normalized spacial score (nSPS) is 11.8. The monoisotopic (exact) mass is 338 g/mol. The number of fused-ring (bicyclic) bond motifs is 1. The zero-order valence-electron chi connectivity index (χ0n) is 11.8. The number of nitrogens with zero attached hydrogens (tertiary/aromatic N) is 3. The Balaban J connectivity index is 2.13. The molecule has 0 radical (unpaired) electrons. The number of hydrogen-bond acceptors (Lipinski definition) is 3. The average molecular weight is 339 g/mol. The number of halogens is 1. The van der Waals surface area contributed by atoms with Gasteiger partial charge in [-0.3, -0.25) is 9.78 Å². The number of carbonyl (C=O) groups is 1. The van der Waals surface area contributed by atoms with Gasteiger partial charge in [0.2, 0.25) is 0 Å². The van der Waals surface area contributed by atoms with Crippen molar-refractivity contribution in [2.24, 2.45) is 5.41 Å². The summed E-state index contributed by atoms with van der Waals surface area (Å²) in [5, 5.41) is 8.05. The Morgan fingerprint density at radius 2 is 2.15 bits per heavy atom. The fourth-order valence-corrected chi connectivity index (χ4v) is 3.10. The van der Waals surface area contributed by atoms with Crippen LogP contribution in [0.2, 0.25) is 0 Å². The average Bonchev–Trinajstić information content (AvgIpc) is 2.93. The molecule has 0 unspecified atom stereocenters. The second-order valence-corrected chi connectivity index (χ2v) is 5.55. The number of nitrogens with one attached hydrogen (secondary N) is 1. The fourth-order valence-electron chi connectivity index (χ4n) is 2.11. The molecule has 2 aromatic heterocycles. The van der Waals surface area contributed by atoms with Crippen LogP contribution in [0.5, 0.6) is 0 Å². The smallest absolute Gasteiger partial charge is 0.255 e. The fraction of sp³-hybridized carbons (Fsp3) is 0.500. The number of aromatic nitrogens is 3. The minimum absolute atomic E-state index is 0.0970. The lowest BCUT2D eigenvalue weighted by atomic mass is 9.84. The predicted molar refractivity (Wildman–Crippen MR) is 82.1 cm³/mol. The molecule has 0 bridgehead atoms. The lowest BCUT2D eigenvalue weighted by Gasteiger charge is -2.29. The van der Waals surface area contributed by atoms with Crippen LogP contribution in [0.4, 0.5) is 0 Å². The van der Waals surface area contributed by atoms with Crippen LogP contribution in [0.1, 0.15) is 37.0 Å². The predicted octanol–water partition coefficient (Wildman–Crippen LogP) is 2.66. The van der Waals surface area contributed by atoms with Crippen molar-refractivity contribution in [3.8, 4) is 0 Å². The Bertz CT molecular complexity index is 583. The molecular formula is C14H19BrN4O. The summed E-state index contributed by atoms with van der Waals surface area (Å²) in [6, 6.07) is 0. The molecule has 108 valence electrons. The van der Waals surface area contributed by atoms with Gasteiger partial charge in [0.15, 0.2) is 0 Å². The molecule has 1 amide bonds. The maximum absolute atomic E-state index is 12.3. The molecule has 6 heteroatoms. The molecule has 0 aliphatic rings. The van der Waals surface area contributed by atoms with Gasteiger partial charge in [-0.2, -0.15) is 5.10 Å². The van der Waals surface area contributed by atoms with Gasteiger partial charge in [0.1, 0.15) is 0 Å². The Morgan fingerprint density at radius 3 is 2.80 bits per heavy atom. The Morgan fingerprint density at radius 1 is 1.40 bits per heavy atom. The second kappa shape index (κ2) is 6.35. The van der Waals surface area contributed by atoms with Gasteiger partial charge in [0, 0.05) is 24.3 Å². The maximum Gasteiger partial charge on any atom is 0.255 e. The molecule has 2 rings (SSSR count). The van der Waals surface area contributed by atoms with Crippen LogP contribution in [0.3, 0.4) is 0 Å². The summed E-state index contributed by atoms with van der Waals surface area (Å²) < 4.78 is 1.65. The van der Waals surface area contributed by atoms with Crippen molar-refractivity contribution in [3.63, 3.8) is 0 Å². The van der Waals surface area contributed by atoms with Crippen LogP contribution < -0.4 is 5.32 Å². The number of amides is 1. The van der Waals surface area contributed by atoms with Crippen LogP contribution >= 0.6 is 15.9 Å². The highest BCUT2D eigenvalue weighted by Gasteiger charge is 2.26. The first kappa shape index (κ1) is 15.0. The second-order valence-electron chi connectivity index (χ2n) is 4.99. The standard InChI is InChI=1S/C14H19BrN4O/c1-3-14(4-2,9-15)10-17-13(20)11-7-18-19-6-5-16-8-12(11)19/h5-8H,3-4,9-10H2,1-2H3,(H,17,20). The summed E-state index contributed by atoms with van der Waals surface area (Å²) in [6.45, 7) is 4.95. The van der Waals surface area contributed by atoms with Gasteiger partial charge in [-0.1, -0.05) is 29.8 Å². The molecule has 0 aliphatic carbocycles. The highest BCUT2D eigenvalue weighted by atomic mass is 79.9. The third kappa shape index (κ3) is 2.85. The van der Waals surface area contributed by atoms with E-state index in [0.29, 0.717) is 12.1 Å². The first-order chi connectivity index (χ1) is 9.65. The zero-order valence-corrected chi connectivity index (χ0v) is 13.4. The number of rotatable bonds is 6. The van der Waals surface area contributed by atoms with E-state index in [4.69, 9.17) is 0 Å². The molecule has 0 atom stereocenters. The van der Waals surface area contributed by atoms with Crippen molar-refractivity contribution in [3.05, 3.63) is 30.4 Å². The Hall–Kier alpha value is -1.43. The molecule has 0 spiro atoms. The van der Waals surface area contributed by atoms with E-state index in [1.54, 1.807) is 29.3 Å². The van der Waals surface area contributed by atoms with Gasteiger partial charge in [-0.15, -0.1) is 0 Å². The van der Waals surface area contributed by atoms with Gasteiger partial charge in [-0.25, -0.2) is 4.52 Å². The van der Waals surface area contributed by atoms with E-state index in [1.165, 1.54) is 0 Å². The van der Waals surface area contributed by atoms with Crippen molar-refractivity contribution in [2.45, 2.75) is 26.7 Å². The topological polar surface area (TPSA) is 59.3 Å². The molecule has 5 nitrogen and oxygen atoms in total. The first-order valence-electron chi connectivity index (χ1n) is 6.77. The Kier molecular flexibility index (Phi) is 4.75. The lowest BCUT2D eigenvalue weighted by molar-refractivity contribution is 0.0934. The summed E-state index contributed by atoms with van der Waals surface area (Å²) in [7, 11) is 0. The maximum atomic E-state index is 12.3. The molecule has 2 heterocycles. The highest BCUT2D eigenvalue weighted by Crippen LogP contribution is 2.27. The van der Waals surface area contributed by atoms with E-state index in [9.17, 15) is 4.79 Å². The molecule has 20 heavy (non-hydrogen) atoms. The number of hydrogen-bond donors (Lipinski definition) is 1. The van der Waals surface area contributed by atoms with Gasteiger partial charge in [0.05, 0.1) is 23.5 Å². The number of alkyl halides is 1. The van der Waals surface area contributed by atoms with Crippen molar-refractivity contribution in [2.75, 3.05) is 11.9 Å². The summed E-state index contributed by atoms with van der Waals surface area (Å²) in [5.41, 5.74) is 1.40. The van der Waals surface area contributed by atoms with Crippen molar-refractivity contribution < 1.29 is 4.79 Å². The van der Waals surface area contributed by atoms with E-state index in [1.807, 2.05) is 0 Å². The van der Waals surface area contributed by atoms with Gasteiger partial charge in [0.25, 0.3) is 5.91 Å². The Labute approximate surface area is 126 Å². The largest absolute Gasteiger partial charge is 0.351 e. The van der Waals surface area contributed by atoms with E-state index in [-0.39, 0.29) is 11.3 Å². The van der Waals surface area contributed by atoms with E-state index >= 15 is 0 Å². The molecular weight excluding hydrogens is 320 g/mol. The molecule has 1 N–H and O–H groups in total. The zero-order chi connectivity index (χ0) is 14.6. The lowest BCUT2D eigenvalue weighted by Crippen LogP contribution is -2.38. The third-order valence-corrected chi connectivity index (χ3v) is 5.17. The SMILES string of the molecule is CCC(CC)(CBr)CNC(=O)c1cnn2ccncc12. The first-order valence-corrected chi connectivity index (χ1v) is 7.89. The quantitative estimate of drug-likeness (QED) is 0.823. The minimum atomic E-state index is -0.0970. The summed E-state index contributed by atoms with van der Waals surface area (Å²) in [5.74, 6) is -0.0970. The summed E-state index contributed by atoms with van der Waals surface area (Å²) in [6.07, 6.45) is 8.65. The molecule has 0 aromatic carbocycles. The summed E-state index contributed by atoms with van der Waals surface area (Å²) in [4.78, 5) is 16.3. The minimum Gasteiger partial charge on any atom is -0.351 e. The van der Waals surface area contributed by atoms with E-state index in [0.717, 1.165) is 23.7 Å².